The fourth-order valence-corrected chi connectivity index (χ4v) is 2.26. The zero-order chi connectivity index (χ0) is 15.2. The van der Waals surface area contributed by atoms with Crippen LogP contribution in [0.2, 0.25) is 0 Å². The van der Waals surface area contributed by atoms with Crippen molar-refractivity contribution in [3.63, 3.8) is 0 Å². The number of benzene rings is 2. The molecule has 106 valence electrons. The number of aryl methyl sites for hydroxylation is 2. The summed E-state index contributed by atoms with van der Waals surface area (Å²) < 4.78 is 5.78. The van der Waals surface area contributed by atoms with Crippen LogP contribution in [0.1, 0.15) is 28.3 Å². The van der Waals surface area contributed by atoms with Gasteiger partial charge in [0.2, 0.25) is 6.04 Å². The summed E-state index contributed by atoms with van der Waals surface area (Å²) in [6.07, 6.45) is 0. The van der Waals surface area contributed by atoms with Crippen LogP contribution in [0.25, 0.3) is 0 Å². The number of ether oxygens (including phenoxy) is 1. The van der Waals surface area contributed by atoms with E-state index >= 15 is 0 Å². The lowest BCUT2D eigenvalue weighted by molar-refractivity contribution is 0.304. The monoisotopic (exact) mass is 280 g/mol. The standard InChI is InChI=1S/C17H16N2O2/c1-12-7-13(2)9-15(8-12)21-11-14-5-3-4-6-16(14)17(10-18)19-20/h3-9,17H,11H2,1-2H3. The van der Waals surface area contributed by atoms with Gasteiger partial charge >= 0.3 is 0 Å². The van der Waals surface area contributed by atoms with Gasteiger partial charge in [-0.1, -0.05) is 30.3 Å². The highest BCUT2D eigenvalue weighted by molar-refractivity contribution is 5.35. The number of nitrogens with zero attached hydrogens (tertiary/aromatic N) is 2. The number of nitroso groups, excluding NO2 is 1. The SMILES string of the molecule is Cc1cc(C)cc(OCc2ccccc2C(C#N)N=O)c1. The lowest BCUT2D eigenvalue weighted by Crippen LogP contribution is -2.03. The van der Waals surface area contributed by atoms with Crippen molar-refractivity contribution in [1.82, 2.24) is 0 Å². The molecule has 0 bridgehead atoms. The third-order valence-corrected chi connectivity index (χ3v) is 3.17. The second-order valence-electron chi connectivity index (χ2n) is 4.95. The summed E-state index contributed by atoms with van der Waals surface area (Å²) in [6, 6.07) is 14.1. The van der Waals surface area contributed by atoms with E-state index in [4.69, 9.17) is 10.00 Å². The molecule has 0 radical (unpaired) electrons. The van der Waals surface area contributed by atoms with E-state index in [9.17, 15) is 4.91 Å². The van der Waals surface area contributed by atoms with Crippen LogP contribution in [0.15, 0.2) is 47.6 Å². The Morgan fingerprint density at radius 2 is 1.86 bits per heavy atom. The van der Waals surface area contributed by atoms with Crippen molar-refractivity contribution in [3.8, 4) is 11.8 Å². The van der Waals surface area contributed by atoms with Crippen LogP contribution in [-0.4, -0.2) is 0 Å². The van der Waals surface area contributed by atoms with Crippen molar-refractivity contribution < 1.29 is 4.74 Å². The molecule has 0 N–H and O–H groups in total. The highest BCUT2D eigenvalue weighted by Gasteiger charge is 2.14. The van der Waals surface area contributed by atoms with E-state index in [1.165, 1.54) is 0 Å². The Morgan fingerprint density at radius 3 is 2.48 bits per heavy atom. The summed E-state index contributed by atoms with van der Waals surface area (Å²) in [5, 5.41) is 11.8. The molecule has 1 atom stereocenters. The summed E-state index contributed by atoms with van der Waals surface area (Å²) in [7, 11) is 0. The van der Waals surface area contributed by atoms with E-state index in [0.29, 0.717) is 12.2 Å². The van der Waals surface area contributed by atoms with Crippen LogP contribution in [0.4, 0.5) is 0 Å². The molecule has 1 unspecified atom stereocenters. The molecule has 0 aliphatic carbocycles. The molecule has 0 saturated carbocycles. The first kappa shape index (κ1) is 14.7. The topological polar surface area (TPSA) is 62.4 Å². The number of hydrogen-bond donors (Lipinski definition) is 0. The molecule has 0 aliphatic rings. The maximum Gasteiger partial charge on any atom is 0.203 e. The van der Waals surface area contributed by atoms with Gasteiger partial charge in [-0.25, -0.2) is 0 Å². The Labute approximate surface area is 124 Å². The Hall–Kier alpha value is -2.67. The maximum atomic E-state index is 10.7. The molecule has 21 heavy (non-hydrogen) atoms. The molecule has 2 aromatic carbocycles. The molecule has 0 aliphatic heterocycles. The minimum atomic E-state index is -0.996. The van der Waals surface area contributed by atoms with Crippen molar-refractivity contribution in [2.24, 2.45) is 5.18 Å². The predicted octanol–water partition coefficient (Wildman–Crippen LogP) is 4.21. The smallest absolute Gasteiger partial charge is 0.203 e. The van der Waals surface area contributed by atoms with Crippen LogP contribution in [0, 0.1) is 30.1 Å². The molecule has 2 aromatic rings. The van der Waals surface area contributed by atoms with E-state index in [-0.39, 0.29) is 0 Å². The van der Waals surface area contributed by atoms with Crippen molar-refractivity contribution >= 4 is 0 Å². The van der Waals surface area contributed by atoms with Gasteiger partial charge < -0.3 is 4.74 Å². The van der Waals surface area contributed by atoms with Crippen molar-refractivity contribution in [2.75, 3.05) is 0 Å². The molecule has 0 fully saturated rings. The highest BCUT2D eigenvalue weighted by Crippen LogP contribution is 2.23. The lowest BCUT2D eigenvalue weighted by atomic mass is 10.0. The molecule has 0 saturated heterocycles. The highest BCUT2D eigenvalue weighted by atomic mass is 16.5. The van der Waals surface area contributed by atoms with Crippen molar-refractivity contribution in [2.45, 2.75) is 26.5 Å². The zero-order valence-electron chi connectivity index (χ0n) is 12.0. The van der Waals surface area contributed by atoms with Crippen LogP contribution in [-0.2, 0) is 6.61 Å². The molecule has 4 heteroatoms. The fourth-order valence-electron chi connectivity index (χ4n) is 2.26. The summed E-state index contributed by atoms with van der Waals surface area (Å²) in [5.74, 6) is 0.773. The van der Waals surface area contributed by atoms with Crippen LogP contribution < -0.4 is 4.74 Å². The number of hydrogen-bond acceptors (Lipinski definition) is 4. The normalized spacial score (nSPS) is 11.5. The predicted molar refractivity (Wildman–Crippen MR) is 80.8 cm³/mol. The minimum Gasteiger partial charge on any atom is -0.489 e. The molecular weight excluding hydrogens is 264 g/mol. The quantitative estimate of drug-likeness (QED) is 0.770. The zero-order valence-corrected chi connectivity index (χ0v) is 12.0. The largest absolute Gasteiger partial charge is 0.489 e. The van der Waals surface area contributed by atoms with Gasteiger partial charge in [0.05, 0.1) is 6.07 Å². The van der Waals surface area contributed by atoms with Crippen molar-refractivity contribution in [1.29, 1.82) is 5.26 Å². The van der Waals surface area contributed by atoms with Crippen molar-refractivity contribution in [3.05, 3.63) is 69.6 Å². The van der Waals surface area contributed by atoms with Gasteiger partial charge in [-0.15, -0.1) is 4.91 Å². The summed E-state index contributed by atoms with van der Waals surface area (Å²) in [6.45, 7) is 4.32. The Morgan fingerprint density at radius 1 is 1.19 bits per heavy atom. The first-order chi connectivity index (χ1) is 10.1. The molecule has 0 amide bonds. The van der Waals surface area contributed by atoms with E-state index in [2.05, 4.69) is 11.2 Å². The van der Waals surface area contributed by atoms with E-state index in [1.54, 1.807) is 12.1 Å². The second kappa shape index (κ2) is 6.67. The van der Waals surface area contributed by atoms with Gasteiger partial charge in [0.1, 0.15) is 12.4 Å². The molecular formula is C17H16N2O2. The van der Waals surface area contributed by atoms with Gasteiger partial charge in [0.25, 0.3) is 0 Å². The van der Waals surface area contributed by atoms with Gasteiger partial charge in [-0.2, -0.15) is 5.26 Å². The summed E-state index contributed by atoms with van der Waals surface area (Å²) in [5.41, 5.74) is 3.65. The Kier molecular flexibility index (Phi) is 4.68. The summed E-state index contributed by atoms with van der Waals surface area (Å²) in [4.78, 5) is 10.7. The number of rotatable bonds is 5. The van der Waals surface area contributed by atoms with Gasteiger partial charge in [-0.05, 0) is 47.8 Å². The molecule has 0 spiro atoms. The van der Waals surface area contributed by atoms with Crippen LogP contribution >= 0.6 is 0 Å². The Bertz CT molecular complexity index is 669. The average molecular weight is 280 g/mol. The van der Waals surface area contributed by atoms with Gasteiger partial charge in [-0.3, -0.25) is 0 Å². The number of nitriles is 1. The molecule has 2 rings (SSSR count). The second-order valence-corrected chi connectivity index (χ2v) is 4.95. The first-order valence-corrected chi connectivity index (χ1v) is 6.65. The van der Waals surface area contributed by atoms with E-state index in [0.717, 1.165) is 22.4 Å². The maximum absolute atomic E-state index is 10.7. The van der Waals surface area contributed by atoms with E-state index in [1.807, 2.05) is 44.2 Å². The third kappa shape index (κ3) is 3.67. The molecule has 0 aromatic heterocycles. The fraction of sp³-hybridized carbons (Fsp3) is 0.235. The lowest BCUT2D eigenvalue weighted by Gasteiger charge is -2.12. The minimum absolute atomic E-state index is 0.298. The van der Waals surface area contributed by atoms with Crippen LogP contribution in [0.5, 0.6) is 5.75 Å². The third-order valence-electron chi connectivity index (χ3n) is 3.17. The van der Waals surface area contributed by atoms with Gasteiger partial charge in [0.15, 0.2) is 0 Å². The summed E-state index contributed by atoms with van der Waals surface area (Å²) >= 11 is 0. The molecule has 4 nitrogen and oxygen atoms in total. The van der Waals surface area contributed by atoms with E-state index < -0.39 is 6.04 Å². The average Bonchev–Trinajstić information content (AvgIpc) is 2.46. The van der Waals surface area contributed by atoms with Gasteiger partial charge in [0, 0.05) is 5.56 Å². The Balaban J connectivity index is 2.20. The molecule has 0 heterocycles. The van der Waals surface area contributed by atoms with Crippen LogP contribution in [0.3, 0.4) is 0 Å². The first-order valence-electron chi connectivity index (χ1n) is 6.65.